The molecule has 5 amide bonds. The van der Waals surface area contributed by atoms with Crippen molar-refractivity contribution in [3.8, 4) is 0 Å². The van der Waals surface area contributed by atoms with Gasteiger partial charge in [0.05, 0.1) is 37.8 Å². The second kappa shape index (κ2) is 22.4. The summed E-state index contributed by atoms with van der Waals surface area (Å²) in [6.07, 6.45) is 10.8. The molecule has 4 heterocycles. The first-order valence-corrected chi connectivity index (χ1v) is 22.6. The van der Waals surface area contributed by atoms with Gasteiger partial charge in [-0.15, -0.1) is 11.8 Å². The Hall–Kier alpha value is -4.16. The Morgan fingerprint density at radius 2 is 1.08 bits per heavy atom. The van der Waals surface area contributed by atoms with Crippen LogP contribution < -0.4 is 25.8 Å². The van der Waals surface area contributed by atoms with E-state index in [4.69, 9.17) is 9.47 Å². The van der Waals surface area contributed by atoms with E-state index in [0.29, 0.717) is 42.6 Å². The van der Waals surface area contributed by atoms with Crippen LogP contribution in [0.15, 0.2) is 58.3 Å². The zero-order valence-electron chi connectivity index (χ0n) is 33.4. The van der Waals surface area contributed by atoms with Gasteiger partial charge < -0.3 is 45.2 Å². The van der Waals surface area contributed by atoms with Gasteiger partial charge in [0, 0.05) is 48.1 Å². The van der Waals surface area contributed by atoms with Gasteiger partial charge in [-0.1, -0.05) is 74.6 Å². The molecule has 6 aliphatic rings. The van der Waals surface area contributed by atoms with Crippen molar-refractivity contribution in [3.63, 3.8) is 0 Å². The summed E-state index contributed by atoms with van der Waals surface area (Å²) in [6, 6.07) is 14.9. The molecule has 0 radical (unpaired) electrons. The first-order chi connectivity index (χ1) is 28.7. The van der Waals surface area contributed by atoms with Crippen molar-refractivity contribution in [3.05, 3.63) is 48.5 Å². The molecule has 2 atom stereocenters. The number of ether oxygens (including phenoxy) is 2. The number of benzene rings is 2. The van der Waals surface area contributed by atoms with Gasteiger partial charge in [-0.3, -0.25) is 28.8 Å². The Labute approximate surface area is 354 Å². The Kier molecular flexibility index (Phi) is 16.9. The molecule has 2 saturated carbocycles. The molecule has 15 nitrogen and oxygen atoms in total. The number of carbonyl (C=O) groups is 6. The number of hydrogen-bond donors (Lipinski definition) is 4. The molecule has 17 heteroatoms. The lowest BCUT2D eigenvalue weighted by Crippen LogP contribution is -2.54. The zero-order valence-corrected chi connectivity index (χ0v) is 35.1. The lowest BCUT2D eigenvalue weighted by molar-refractivity contribution is -0.140. The van der Waals surface area contributed by atoms with Crippen LogP contribution in [0.5, 0.6) is 0 Å². The smallest absolute Gasteiger partial charge is 0.326 e. The predicted molar refractivity (Wildman–Crippen MR) is 226 cm³/mol. The molecule has 4 aliphatic heterocycles. The predicted octanol–water partition coefficient (Wildman–Crippen LogP) is 3.44. The Balaban J connectivity index is 0.000000176. The third-order valence-electron chi connectivity index (χ3n) is 10.9. The summed E-state index contributed by atoms with van der Waals surface area (Å²) in [4.78, 5) is 81.2. The van der Waals surface area contributed by atoms with Crippen LogP contribution in [0.1, 0.15) is 64.2 Å². The fourth-order valence-corrected chi connectivity index (χ4v) is 10.1. The number of fused-ring (bicyclic) bond motifs is 2. The van der Waals surface area contributed by atoms with Crippen LogP contribution in [0.3, 0.4) is 0 Å². The van der Waals surface area contributed by atoms with Gasteiger partial charge in [0.1, 0.15) is 13.1 Å². The fraction of sp³-hybridized carbons (Fsp3) is 0.571. The van der Waals surface area contributed by atoms with Crippen molar-refractivity contribution < 1.29 is 43.3 Å². The topological polar surface area (TPSA) is 187 Å². The number of para-hydroxylation sites is 2. The lowest BCUT2D eigenvalue weighted by Gasteiger charge is -2.36. The monoisotopic (exact) mass is 852 g/mol. The molecule has 0 bridgehead atoms. The summed E-state index contributed by atoms with van der Waals surface area (Å²) < 4.78 is 10.3. The third kappa shape index (κ3) is 12.4. The number of hydrogen-bond acceptors (Lipinski definition) is 11. The number of thioether (sulfide) groups is 2. The van der Waals surface area contributed by atoms with Gasteiger partial charge in [-0.25, -0.2) is 0 Å². The minimum absolute atomic E-state index is 0.0558. The molecule has 2 aromatic carbocycles. The number of nitrogens with zero attached hydrogens (tertiary/aromatic N) is 3. The SMILES string of the molecule is C1COCCN1.O=C(CN1C(=O)C(C(=O)N2CCOCC2)Sc2ccccc21)NC1CCCCC1.O=C(CN1C(=O)C(C(=O)O)Sc2ccccc21)NC1CCCCC1. The number of nitrogens with one attached hydrogen (secondary N) is 3. The largest absolute Gasteiger partial charge is 0.480 e. The van der Waals surface area contributed by atoms with Gasteiger partial charge in [0.25, 0.3) is 11.8 Å². The van der Waals surface area contributed by atoms with Crippen LogP contribution in [-0.2, 0) is 38.2 Å². The highest BCUT2D eigenvalue weighted by Gasteiger charge is 2.42. The van der Waals surface area contributed by atoms with E-state index in [1.165, 1.54) is 34.4 Å². The molecule has 2 unspecified atom stereocenters. The summed E-state index contributed by atoms with van der Waals surface area (Å²) in [5.41, 5.74) is 1.30. The Morgan fingerprint density at radius 1 is 0.644 bits per heavy atom. The third-order valence-corrected chi connectivity index (χ3v) is 13.4. The number of aliphatic carboxylic acids is 1. The van der Waals surface area contributed by atoms with Crippen molar-refractivity contribution in [2.45, 2.75) is 96.6 Å². The molecule has 4 fully saturated rings. The summed E-state index contributed by atoms with van der Waals surface area (Å²) in [6.45, 7) is 5.60. The fourth-order valence-electron chi connectivity index (χ4n) is 7.87. The van der Waals surface area contributed by atoms with Gasteiger partial charge in [-0.05, 0) is 49.9 Å². The van der Waals surface area contributed by atoms with E-state index in [0.717, 1.165) is 94.3 Å². The maximum absolute atomic E-state index is 13.2. The first kappa shape index (κ1) is 44.4. The highest BCUT2D eigenvalue weighted by atomic mass is 32.2. The quantitative estimate of drug-likeness (QED) is 0.284. The zero-order chi connectivity index (χ0) is 41.6. The minimum Gasteiger partial charge on any atom is -0.480 e. The Bertz CT molecular complexity index is 1770. The molecule has 0 spiro atoms. The van der Waals surface area contributed by atoms with Crippen LogP contribution in [0, 0.1) is 0 Å². The number of carboxylic acid groups (broad SMARTS) is 1. The maximum Gasteiger partial charge on any atom is 0.326 e. The molecule has 0 aromatic heterocycles. The van der Waals surface area contributed by atoms with Crippen LogP contribution in [0.4, 0.5) is 11.4 Å². The number of carboxylic acids is 1. The van der Waals surface area contributed by atoms with Crippen molar-refractivity contribution in [2.75, 3.05) is 75.5 Å². The molecular formula is C42H56N6O9S2. The molecule has 59 heavy (non-hydrogen) atoms. The van der Waals surface area contributed by atoms with Crippen LogP contribution >= 0.6 is 23.5 Å². The van der Waals surface area contributed by atoms with Crippen molar-refractivity contribution in [1.82, 2.24) is 20.9 Å². The van der Waals surface area contributed by atoms with Crippen molar-refractivity contribution in [1.29, 1.82) is 0 Å². The van der Waals surface area contributed by atoms with Crippen molar-refractivity contribution in [2.24, 2.45) is 0 Å². The number of amides is 5. The number of rotatable bonds is 8. The number of carbonyl (C=O) groups excluding carboxylic acids is 5. The summed E-state index contributed by atoms with van der Waals surface area (Å²) in [5.74, 6) is -2.65. The average Bonchev–Trinajstić information content (AvgIpc) is 3.27. The van der Waals surface area contributed by atoms with Gasteiger partial charge in [-0.2, -0.15) is 0 Å². The normalized spacial score (nSPS) is 22.3. The van der Waals surface area contributed by atoms with E-state index in [2.05, 4.69) is 16.0 Å². The maximum atomic E-state index is 13.2. The van der Waals surface area contributed by atoms with E-state index in [-0.39, 0.29) is 48.8 Å². The number of morpholine rings is 2. The van der Waals surface area contributed by atoms with Gasteiger partial charge >= 0.3 is 5.97 Å². The average molecular weight is 853 g/mol. The highest BCUT2D eigenvalue weighted by Crippen LogP contribution is 2.40. The van der Waals surface area contributed by atoms with Crippen LogP contribution in [0.25, 0.3) is 0 Å². The molecule has 320 valence electrons. The molecule has 8 rings (SSSR count). The second-order valence-electron chi connectivity index (χ2n) is 15.2. The van der Waals surface area contributed by atoms with Crippen LogP contribution in [0.2, 0.25) is 0 Å². The molecule has 2 aromatic rings. The van der Waals surface area contributed by atoms with Crippen LogP contribution in [-0.4, -0.2) is 134 Å². The van der Waals surface area contributed by atoms with Gasteiger partial charge in [0.2, 0.25) is 17.7 Å². The van der Waals surface area contributed by atoms with E-state index in [1.807, 2.05) is 24.3 Å². The minimum atomic E-state index is -1.21. The van der Waals surface area contributed by atoms with E-state index < -0.39 is 22.4 Å². The van der Waals surface area contributed by atoms with E-state index in [1.54, 1.807) is 29.2 Å². The van der Waals surface area contributed by atoms with E-state index >= 15 is 0 Å². The summed E-state index contributed by atoms with van der Waals surface area (Å²) in [5, 5.41) is 16.4. The standard InChI is InChI=1S/C21H27N3O4S.C17H20N2O4S.C4H9NO/c25-18(22-15-6-2-1-3-7-15)14-24-16-8-4-5-9-17(16)29-19(21(24)27)20(26)23-10-12-28-13-11-23;20-14(18-11-6-2-1-3-7-11)10-19-12-8-4-5-9-13(12)24-15(16(19)21)17(22)23;1-3-6-4-2-5-1/h4-5,8-9,15,19H,1-3,6-7,10-14H2,(H,22,25);4-5,8-9,11,15H,1-3,6-7,10H2,(H,18,20)(H,22,23);5H,1-4H2. The first-order valence-electron chi connectivity index (χ1n) is 20.8. The van der Waals surface area contributed by atoms with Gasteiger partial charge in [0.15, 0.2) is 10.5 Å². The molecular weight excluding hydrogens is 797 g/mol. The molecule has 2 saturated heterocycles. The summed E-state index contributed by atoms with van der Waals surface area (Å²) >= 11 is 2.30. The molecule has 4 N–H and O–H groups in total. The highest BCUT2D eigenvalue weighted by molar-refractivity contribution is 8.02. The molecule has 2 aliphatic carbocycles. The lowest BCUT2D eigenvalue weighted by atomic mass is 9.95. The Morgan fingerprint density at radius 3 is 1.53 bits per heavy atom. The van der Waals surface area contributed by atoms with E-state index in [9.17, 15) is 33.9 Å². The second-order valence-corrected chi connectivity index (χ2v) is 17.5. The number of anilines is 2. The summed E-state index contributed by atoms with van der Waals surface area (Å²) in [7, 11) is 0. The van der Waals surface area contributed by atoms with Crippen molar-refractivity contribution >= 4 is 70.4 Å².